The Morgan fingerprint density at radius 1 is 0.390 bits per heavy atom. The number of quaternary nitrogens is 1. The lowest BCUT2D eigenvalue weighted by atomic mass is 10.0. The van der Waals surface area contributed by atoms with E-state index in [4.69, 9.17) is 18.5 Å². The molecule has 0 aliphatic heterocycles. The lowest BCUT2D eigenvalue weighted by Gasteiger charge is -2.28. The van der Waals surface area contributed by atoms with Crippen LogP contribution in [0.1, 0.15) is 258 Å². The van der Waals surface area contributed by atoms with Gasteiger partial charge in [0.15, 0.2) is 6.10 Å². The molecule has 0 bridgehead atoms. The number of hydrogen-bond acceptors (Lipinski definition) is 8. The van der Waals surface area contributed by atoms with Crippen LogP contribution in [0.5, 0.6) is 0 Å². The monoisotopic (exact) mass is 1160 g/mol. The largest absolute Gasteiger partial charge is 0.756 e. The summed E-state index contributed by atoms with van der Waals surface area (Å²) in [6.07, 6.45) is 89.5. The smallest absolute Gasteiger partial charge is 0.306 e. The van der Waals surface area contributed by atoms with E-state index < -0.39 is 32.5 Å². The van der Waals surface area contributed by atoms with Gasteiger partial charge in [-0.2, -0.15) is 0 Å². The molecule has 0 aliphatic carbocycles. The van der Waals surface area contributed by atoms with Crippen molar-refractivity contribution in [2.24, 2.45) is 0 Å². The molecule has 9 nitrogen and oxygen atoms in total. The van der Waals surface area contributed by atoms with Gasteiger partial charge in [0.05, 0.1) is 27.7 Å². The molecule has 0 amide bonds. The van der Waals surface area contributed by atoms with Crippen molar-refractivity contribution in [3.63, 3.8) is 0 Å². The highest BCUT2D eigenvalue weighted by Gasteiger charge is 2.22. The Morgan fingerprint density at radius 2 is 0.695 bits per heavy atom. The third kappa shape index (κ3) is 65.3. The molecule has 468 valence electrons. The molecule has 0 heterocycles. The number of esters is 2. The van der Waals surface area contributed by atoms with E-state index in [1.54, 1.807) is 0 Å². The minimum Gasteiger partial charge on any atom is -0.756 e. The first-order chi connectivity index (χ1) is 40.0. The molecule has 0 spiro atoms. The van der Waals surface area contributed by atoms with Gasteiger partial charge in [0.1, 0.15) is 19.8 Å². The third-order valence-corrected chi connectivity index (χ3v) is 14.6. The summed E-state index contributed by atoms with van der Waals surface area (Å²) in [4.78, 5) is 38.0. The second-order valence-electron chi connectivity index (χ2n) is 22.7. The Hall–Kier alpha value is -3.85. The van der Waals surface area contributed by atoms with Gasteiger partial charge in [0.25, 0.3) is 7.82 Å². The van der Waals surface area contributed by atoms with E-state index in [0.29, 0.717) is 17.4 Å². The molecule has 2 atom stereocenters. The molecule has 0 saturated carbocycles. The Kier molecular flexibility index (Phi) is 58.8. The molecule has 0 saturated heterocycles. The van der Waals surface area contributed by atoms with Crippen LogP contribution in [0.3, 0.4) is 0 Å². The van der Waals surface area contributed by atoms with Crippen LogP contribution in [-0.4, -0.2) is 70.0 Å². The van der Waals surface area contributed by atoms with Crippen molar-refractivity contribution in [1.29, 1.82) is 0 Å². The summed E-state index contributed by atoms with van der Waals surface area (Å²) in [6.45, 7) is 4.06. The fraction of sp³-hybridized carbons (Fsp3) is 0.667. The zero-order valence-corrected chi connectivity index (χ0v) is 54.0. The van der Waals surface area contributed by atoms with Crippen LogP contribution in [0.2, 0.25) is 0 Å². The number of carbonyl (C=O) groups is 2. The first kappa shape index (κ1) is 78.1. The fourth-order valence-electron chi connectivity index (χ4n) is 8.62. The minimum atomic E-state index is -4.66. The molecule has 0 aliphatic rings. The summed E-state index contributed by atoms with van der Waals surface area (Å²) in [7, 11) is 1.12. The standard InChI is InChI=1S/C72H122NO8P/c1-6-8-10-12-14-16-18-20-22-24-26-28-30-32-34-35-36-37-39-40-42-44-46-48-50-52-54-56-58-60-62-64-71(74)78-68-70(69-80-82(76,77)79-67-66-73(3,4)5)81-72(75)65-63-61-59-57-55-53-51-49-47-45-43-41-38-33-31-29-27-25-23-21-19-17-15-13-11-9-7-2/h9,11,15,17-18,20-21,23-24,26-27,29-30,32-33,38,43,45,49,51,55,57,70H,6-8,10,12-14,16,19,22,25,28,31,34-37,39-42,44,46-48,50,52-54,56,58-69H2,1-5H3/b11-9-,17-15-,20-18-,23-21-,26-24-,29-27-,32-30-,38-33-,45-43-,51-49-,57-55-. The van der Waals surface area contributed by atoms with Crippen molar-refractivity contribution >= 4 is 19.8 Å². The minimum absolute atomic E-state index is 0.0462. The van der Waals surface area contributed by atoms with Gasteiger partial charge in [-0.25, -0.2) is 0 Å². The number of unbranched alkanes of at least 4 members (excludes halogenated alkanes) is 23. The predicted molar refractivity (Wildman–Crippen MR) is 351 cm³/mol. The highest BCUT2D eigenvalue weighted by atomic mass is 31.2. The van der Waals surface area contributed by atoms with E-state index in [-0.39, 0.29) is 26.1 Å². The number of rotatable bonds is 59. The number of phosphoric acid groups is 1. The van der Waals surface area contributed by atoms with Gasteiger partial charge in [-0.05, 0) is 116 Å². The maximum atomic E-state index is 12.8. The molecule has 0 fully saturated rings. The highest BCUT2D eigenvalue weighted by Crippen LogP contribution is 2.38. The Labute approximate surface area is 504 Å². The van der Waals surface area contributed by atoms with Crippen LogP contribution >= 0.6 is 7.82 Å². The van der Waals surface area contributed by atoms with Crippen LogP contribution in [0, 0.1) is 0 Å². The Balaban J connectivity index is 4.19. The number of carbonyl (C=O) groups excluding carboxylic acids is 2. The predicted octanol–water partition coefficient (Wildman–Crippen LogP) is 20.6. The van der Waals surface area contributed by atoms with Crippen molar-refractivity contribution in [3.8, 4) is 0 Å². The zero-order chi connectivity index (χ0) is 59.8. The maximum absolute atomic E-state index is 12.8. The molecular formula is C72H122NO8P. The molecular weight excluding hydrogens is 1040 g/mol. The van der Waals surface area contributed by atoms with E-state index in [9.17, 15) is 19.0 Å². The topological polar surface area (TPSA) is 111 Å². The van der Waals surface area contributed by atoms with Crippen molar-refractivity contribution < 1.29 is 42.1 Å². The van der Waals surface area contributed by atoms with Crippen LogP contribution in [0.15, 0.2) is 134 Å². The number of hydrogen-bond donors (Lipinski definition) is 0. The SMILES string of the molecule is CC/C=C\C/C=C\C/C=C\C/C=C\C/C=C\C/C=C\C/C=C\C/C=C\CCCCC(=O)OC(COC(=O)CCCCCCCCCCCCCCCCCC/C=C\C/C=C\C/C=C\CCCCCCC)COP(=O)([O-])OCC[N+](C)(C)C. The molecule has 2 unspecified atom stereocenters. The molecule has 0 aromatic rings. The zero-order valence-electron chi connectivity index (χ0n) is 53.1. The third-order valence-electron chi connectivity index (χ3n) is 13.7. The lowest BCUT2D eigenvalue weighted by Crippen LogP contribution is -2.37. The van der Waals surface area contributed by atoms with E-state index in [0.717, 1.165) is 96.3 Å². The summed E-state index contributed by atoms with van der Waals surface area (Å²) in [6, 6.07) is 0. The summed E-state index contributed by atoms with van der Waals surface area (Å²) >= 11 is 0. The quantitative estimate of drug-likeness (QED) is 0.0195. The Bertz CT molecular complexity index is 1850. The first-order valence-corrected chi connectivity index (χ1v) is 34.4. The fourth-order valence-corrected chi connectivity index (χ4v) is 9.35. The number of nitrogens with zero attached hydrogens (tertiary/aromatic N) is 1. The van der Waals surface area contributed by atoms with Crippen LogP contribution in [0.25, 0.3) is 0 Å². The number of phosphoric ester groups is 1. The normalized spacial score (nSPS) is 14.1. The van der Waals surface area contributed by atoms with Crippen LogP contribution in [-0.2, 0) is 32.7 Å². The summed E-state index contributed by atoms with van der Waals surface area (Å²) in [5.74, 6) is -0.889. The Morgan fingerprint density at radius 3 is 1.06 bits per heavy atom. The van der Waals surface area contributed by atoms with E-state index in [1.807, 2.05) is 21.1 Å². The average Bonchev–Trinajstić information content (AvgIpc) is 3.46. The highest BCUT2D eigenvalue weighted by molar-refractivity contribution is 7.45. The molecule has 0 aromatic carbocycles. The van der Waals surface area contributed by atoms with Crippen molar-refractivity contribution in [2.75, 3.05) is 47.5 Å². The van der Waals surface area contributed by atoms with Gasteiger partial charge in [-0.3, -0.25) is 14.2 Å². The van der Waals surface area contributed by atoms with Gasteiger partial charge in [-0.15, -0.1) is 0 Å². The molecule has 0 radical (unpaired) electrons. The number of ether oxygens (including phenoxy) is 2. The van der Waals surface area contributed by atoms with Crippen molar-refractivity contribution in [1.82, 2.24) is 0 Å². The van der Waals surface area contributed by atoms with Crippen LogP contribution < -0.4 is 4.89 Å². The number of likely N-dealkylation sites (N-methyl/N-ethyl adjacent to an activating group) is 1. The first-order valence-electron chi connectivity index (χ1n) is 32.9. The summed E-state index contributed by atoms with van der Waals surface area (Å²) < 4.78 is 34.2. The molecule has 10 heteroatoms. The van der Waals surface area contributed by atoms with Gasteiger partial charge in [-0.1, -0.05) is 263 Å². The van der Waals surface area contributed by atoms with E-state index in [1.165, 1.54) is 128 Å². The van der Waals surface area contributed by atoms with Gasteiger partial charge >= 0.3 is 11.9 Å². The van der Waals surface area contributed by atoms with Crippen molar-refractivity contribution in [2.45, 2.75) is 264 Å². The average molecular weight is 1160 g/mol. The molecule has 0 N–H and O–H groups in total. The van der Waals surface area contributed by atoms with Gasteiger partial charge < -0.3 is 27.9 Å². The number of allylic oxidation sites excluding steroid dienone is 22. The summed E-state index contributed by atoms with van der Waals surface area (Å²) in [5.41, 5.74) is 0. The maximum Gasteiger partial charge on any atom is 0.306 e. The second kappa shape index (κ2) is 61.7. The van der Waals surface area contributed by atoms with Gasteiger partial charge in [0.2, 0.25) is 0 Å². The lowest BCUT2D eigenvalue weighted by molar-refractivity contribution is -0.870. The van der Waals surface area contributed by atoms with Gasteiger partial charge in [0, 0.05) is 12.8 Å². The van der Waals surface area contributed by atoms with E-state index in [2.05, 4.69) is 148 Å². The molecule has 82 heavy (non-hydrogen) atoms. The molecule has 0 aromatic heterocycles. The molecule has 0 rings (SSSR count). The van der Waals surface area contributed by atoms with Crippen LogP contribution in [0.4, 0.5) is 0 Å². The van der Waals surface area contributed by atoms with E-state index >= 15 is 0 Å². The summed E-state index contributed by atoms with van der Waals surface area (Å²) in [5, 5.41) is 0. The second-order valence-corrected chi connectivity index (χ2v) is 24.2. The van der Waals surface area contributed by atoms with Crippen molar-refractivity contribution in [3.05, 3.63) is 134 Å².